The molecular formula is C15H15N3O2. The van der Waals surface area contributed by atoms with Crippen molar-refractivity contribution < 1.29 is 4.92 Å². The number of pyridine rings is 1. The summed E-state index contributed by atoms with van der Waals surface area (Å²) in [6.07, 6.45) is 10.4. The first-order valence-corrected chi connectivity index (χ1v) is 6.41. The zero-order chi connectivity index (χ0) is 14.5. The molecular weight excluding hydrogens is 254 g/mol. The highest BCUT2D eigenvalue weighted by molar-refractivity contribution is 5.99. The summed E-state index contributed by atoms with van der Waals surface area (Å²) in [6.45, 7) is 2.06. The summed E-state index contributed by atoms with van der Waals surface area (Å²) >= 11 is 0. The van der Waals surface area contributed by atoms with Crippen LogP contribution < -0.4 is 5.32 Å². The van der Waals surface area contributed by atoms with Crippen molar-refractivity contribution in [2.45, 2.75) is 25.8 Å². The van der Waals surface area contributed by atoms with Gasteiger partial charge in [-0.3, -0.25) is 15.1 Å². The van der Waals surface area contributed by atoms with Gasteiger partial charge in [0.1, 0.15) is 0 Å². The predicted octanol–water partition coefficient (Wildman–Crippen LogP) is 3.36. The average Bonchev–Trinajstić information content (AvgIpc) is 2.46. The van der Waals surface area contributed by atoms with Crippen LogP contribution in [0.2, 0.25) is 0 Å². The second kappa shape index (κ2) is 6.02. The number of non-ortho nitro benzene ring substituents is 1. The molecule has 1 aromatic carbocycles. The van der Waals surface area contributed by atoms with Crippen LogP contribution in [0, 0.1) is 22.5 Å². The smallest absolute Gasteiger partial charge is 0.278 e. The summed E-state index contributed by atoms with van der Waals surface area (Å²) in [6, 6.07) is 4.84. The molecule has 1 heterocycles. The zero-order valence-electron chi connectivity index (χ0n) is 11.2. The molecule has 5 nitrogen and oxygen atoms in total. The lowest BCUT2D eigenvalue weighted by atomic mass is 10.1. The van der Waals surface area contributed by atoms with Gasteiger partial charge in [-0.2, -0.15) is 0 Å². The Morgan fingerprint density at radius 3 is 2.90 bits per heavy atom. The lowest BCUT2D eigenvalue weighted by molar-refractivity contribution is -0.383. The van der Waals surface area contributed by atoms with E-state index in [1.165, 1.54) is 12.3 Å². The maximum absolute atomic E-state index is 11.0. The van der Waals surface area contributed by atoms with Crippen LogP contribution in [0.15, 0.2) is 30.6 Å². The van der Waals surface area contributed by atoms with E-state index in [4.69, 9.17) is 6.42 Å². The van der Waals surface area contributed by atoms with Gasteiger partial charge in [-0.1, -0.05) is 19.3 Å². The Hall–Kier alpha value is -2.61. The molecule has 0 bridgehead atoms. The number of aromatic nitrogens is 1. The Kier molecular flexibility index (Phi) is 4.16. The Morgan fingerprint density at radius 1 is 1.45 bits per heavy atom. The number of anilines is 1. The second-order valence-electron chi connectivity index (χ2n) is 4.46. The zero-order valence-corrected chi connectivity index (χ0v) is 11.2. The standard InChI is InChI=1S/C15H15N3O2/c1-3-5-11(4-2)17-14-6-7-15(18(19)20)13-10-16-9-8-12(13)14/h2,6-11,17H,3,5H2,1H3. The van der Waals surface area contributed by atoms with Crippen molar-refractivity contribution in [3.8, 4) is 12.3 Å². The Bertz CT molecular complexity index is 676. The third kappa shape index (κ3) is 2.69. The molecule has 5 heteroatoms. The molecule has 1 atom stereocenters. The van der Waals surface area contributed by atoms with Crippen molar-refractivity contribution >= 4 is 22.1 Å². The molecule has 0 fully saturated rings. The first kappa shape index (κ1) is 13.8. The van der Waals surface area contributed by atoms with E-state index in [1.807, 2.05) is 0 Å². The molecule has 102 valence electrons. The maximum Gasteiger partial charge on any atom is 0.278 e. The van der Waals surface area contributed by atoms with Crippen molar-refractivity contribution in [2.75, 3.05) is 5.32 Å². The van der Waals surface area contributed by atoms with E-state index in [0.29, 0.717) is 5.39 Å². The minimum absolute atomic E-state index is 0.0476. The van der Waals surface area contributed by atoms with Crippen LogP contribution in [-0.2, 0) is 0 Å². The molecule has 1 unspecified atom stereocenters. The predicted molar refractivity (Wildman–Crippen MR) is 79.5 cm³/mol. The van der Waals surface area contributed by atoms with Crippen molar-refractivity contribution in [2.24, 2.45) is 0 Å². The van der Waals surface area contributed by atoms with Gasteiger partial charge in [0.15, 0.2) is 0 Å². The Labute approximate surface area is 117 Å². The minimum Gasteiger partial charge on any atom is -0.371 e. The maximum atomic E-state index is 11.0. The topological polar surface area (TPSA) is 68.1 Å². The van der Waals surface area contributed by atoms with E-state index >= 15 is 0 Å². The number of nitro groups is 1. The van der Waals surface area contributed by atoms with Crippen LogP contribution in [0.4, 0.5) is 11.4 Å². The number of fused-ring (bicyclic) bond motifs is 1. The molecule has 0 saturated heterocycles. The summed E-state index contributed by atoms with van der Waals surface area (Å²) in [4.78, 5) is 14.6. The molecule has 20 heavy (non-hydrogen) atoms. The normalized spacial score (nSPS) is 11.8. The number of nitrogens with zero attached hydrogens (tertiary/aromatic N) is 2. The van der Waals surface area contributed by atoms with Gasteiger partial charge in [0.25, 0.3) is 5.69 Å². The van der Waals surface area contributed by atoms with E-state index in [9.17, 15) is 10.1 Å². The summed E-state index contributed by atoms with van der Waals surface area (Å²) in [5.41, 5.74) is 0.843. The third-order valence-corrected chi connectivity index (χ3v) is 3.10. The van der Waals surface area contributed by atoms with Crippen molar-refractivity contribution in [1.29, 1.82) is 0 Å². The van der Waals surface area contributed by atoms with E-state index < -0.39 is 4.92 Å². The van der Waals surface area contributed by atoms with E-state index in [-0.39, 0.29) is 11.7 Å². The molecule has 0 radical (unpaired) electrons. The van der Waals surface area contributed by atoms with Gasteiger partial charge in [-0.25, -0.2) is 0 Å². The van der Waals surface area contributed by atoms with Crippen LogP contribution in [0.25, 0.3) is 10.8 Å². The van der Waals surface area contributed by atoms with Gasteiger partial charge in [0.2, 0.25) is 0 Å². The summed E-state index contributed by atoms with van der Waals surface area (Å²) in [7, 11) is 0. The Balaban J connectivity index is 2.48. The summed E-state index contributed by atoms with van der Waals surface area (Å²) in [5, 5.41) is 15.5. The van der Waals surface area contributed by atoms with Crippen LogP contribution in [0.3, 0.4) is 0 Å². The molecule has 0 aliphatic rings. The Morgan fingerprint density at radius 2 is 2.25 bits per heavy atom. The minimum atomic E-state index is -0.404. The fraction of sp³-hybridized carbons (Fsp3) is 0.267. The number of hydrogen-bond acceptors (Lipinski definition) is 4. The molecule has 1 N–H and O–H groups in total. The molecule has 0 aliphatic carbocycles. The second-order valence-corrected chi connectivity index (χ2v) is 4.46. The quantitative estimate of drug-likeness (QED) is 0.513. The van der Waals surface area contributed by atoms with Crippen molar-refractivity contribution in [3.05, 3.63) is 40.7 Å². The fourth-order valence-electron chi connectivity index (χ4n) is 2.13. The lowest BCUT2D eigenvalue weighted by Crippen LogP contribution is -2.16. The largest absolute Gasteiger partial charge is 0.371 e. The molecule has 0 aliphatic heterocycles. The molecule has 2 rings (SSSR count). The van der Waals surface area contributed by atoms with Crippen LogP contribution in [-0.4, -0.2) is 15.9 Å². The monoisotopic (exact) mass is 269 g/mol. The number of benzene rings is 1. The average molecular weight is 269 g/mol. The van der Waals surface area contributed by atoms with E-state index in [2.05, 4.69) is 23.1 Å². The fourth-order valence-corrected chi connectivity index (χ4v) is 2.13. The van der Waals surface area contributed by atoms with Gasteiger partial charge in [-0.05, 0) is 18.6 Å². The lowest BCUT2D eigenvalue weighted by Gasteiger charge is -2.15. The van der Waals surface area contributed by atoms with Crippen LogP contribution in [0.5, 0.6) is 0 Å². The van der Waals surface area contributed by atoms with Gasteiger partial charge in [-0.15, -0.1) is 6.42 Å². The molecule has 2 aromatic rings. The van der Waals surface area contributed by atoms with E-state index in [0.717, 1.165) is 23.9 Å². The molecule has 0 spiro atoms. The van der Waals surface area contributed by atoms with Crippen molar-refractivity contribution in [1.82, 2.24) is 4.98 Å². The highest BCUT2D eigenvalue weighted by Gasteiger charge is 2.15. The first-order valence-electron chi connectivity index (χ1n) is 6.41. The number of hydrogen-bond donors (Lipinski definition) is 1. The van der Waals surface area contributed by atoms with Gasteiger partial charge in [0.05, 0.1) is 16.4 Å². The number of terminal acetylenes is 1. The van der Waals surface area contributed by atoms with Crippen molar-refractivity contribution in [3.63, 3.8) is 0 Å². The van der Waals surface area contributed by atoms with Gasteiger partial charge < -0.3 is 5.32 Å². The van der Waals surface area contributed by atoms with Gasteiger partial charge in [0, 0.05) is 29.5 Å². The number of rotatable bonds is 5. The molecule has 1 aromatic heterocycles. The van der Waals surface area contributed by atoms with Gasteiger partial charge >= 0.3 is 0 Å². The number of nitro benzene ring substituents is 1. The van der Waals surface area contributed by atoms with Crippen LogP contribution in [0.1, 0.15) is 19.8 Å². The molecule has 0 amide bonds. The van der Waals surface area contributed by atoms with Crippen LogP contribution >= 0.6 is 0 Å². The SMILES string of the molecule is C#CC(CCC)Nc1ccc([N+](=O)[O-])c2cnccc12. The summed E-state index contributed by atoms with van der Waals surface area (Å²) in [5.74, 6) is 2.69. The first-order chi connectivity index (χ1) is 9.67. The summed E-state index contributed by atoms with van der Waals surface area (Å²) < 4.78 is 0. The number of nitrogens with one attached hydrogen (secondary N) is 1. The highest BCUT2D eigenvalue weighted by atomic mass is 16.6. The highest BCUT2D eigenvalue weighted by Crippen LogP contribution is 2.31. The third-order valence-electron chi connectivity index (χ3n) is 3.10. The molecule has 0 saturated carbocycles. The van der Waals surface area contributed by atoms with E-state index in [1.54, 1.807) is 18.3 Å².